The number of aromatic nitrogens is 1. The predicted octanol–water partition coefficient (Wildman–Crippen LogP) is 5.72. The first-order valence-corrected chi connectivity index (χ1v) is 12.3. The minimum Gasteiger partial charge on any atom is -0.485 e. The van der Waals surface area contributed by atoms with Crippen LogP contribution in [0.1, 0.15) is 55.5 Å². The highest BCUT2D eigenvalue weighted by Crippen LogP contribution is 2.38. The molecule has 3 aromatic rings. The number of ether oxygens (including phenoxy) is 2. The lowest BCUT2D eigenvalue weighted by Crippen LogP contribution is -2.23. The number of nitrogens with one attached hydrogen (secondary N) is 1. The molecule has 0 saturated carbocycles. The summed E-state index contributed by atoms with van der Waals surface area (Å²) < 4.78 is 26.4. The van der Waals surface area contributed by atoms with Gasteiger partial charge in [-0.15, -0.1) is 0 Å². The molecule has 0 saturated heterocycles. The van der Waals surface area contributed by atoms with Crippen LogP contribution in [0, 0.1) is 11.7 Å². The van der Waals surface area contributed by atoms with Crippen LogP contribution in [0.25, 0.3) is 11.1 Å². The van der Waals surface area contributed by atoms with E-state index in [-0.39, 0.29) is 12.1 Å². The van der Waals surface area contributed by atoms with Crippen LogP contribution < -0.4 is 14.8 Å². The summed E-state index contributed by atoms with van der Waals surface area (Å²) in [4.78, 5) is 15.2. The van der Waals surface area contributed by atoms with Gasteiger partial charge in [0.25, 0.3) is 0 Å². The molecule has 1 aromatic heterocycles. The molecule has 4 rings (SSSR count). The van der Waals surface area contributed by atoms with Gasteiger partial charge in [-0.2, -0.15) is 0 Å². The Kier molecular flexibility index (Phi) is 7.89. The fourth-order valence-corrected chi connectivity index (χ4v) is 4.49. The zero-order valence-electron chi connectivity index (χ0n) is 21.2. The largest absolute Gasteiger partial charge is 0.485 e. The van der Waals surface area contributed by atoms with E-state index in [0.29, 0.717) is 24.4 Å². The quantitative estimate of drug-likeness (QED) is 0.397. The van der Waals surface area contributed by atoms with Crippen molar-refractivity contribution in [2.45, 2.75) is 58.7 Å². The van der Waals surface area contributed by atoms with Crippen LogP contribution in [-0.2, 0) is 24.2 Å². The Balaban J connectivity index is 1.64. The van der Waals surface area contributed by atoms with E-state index in [4.69, 9.17) is 9.47 Å². The Hall–Kier alpha value is -3.45. The lowest BCUT2D eigenvalue weighted by atomic mass is 9.91. The number of benzene rings is 2. The first-order valence-electron chi connectivity index (χ1n) is 12.3. The van der Waals surface area contributed by atoms with Crippen molar-refractivity contribution in [3.05, 3.63) is 76.7 Å². The van der Waals surface area contributed by atoms with Gasteiger partial charge in [0, 0.05) is 24.2 Å². The molecule has 1 aliphatic heterocycles. The molecule has 0 amide bonds. The van der Waals surface area contributed by atoms with Gasteiger partial charge in [0.2, 0.25) is 5.88 Å². The number of carboxylic acid groups (broad SMARTS) is 1. The van der Waals surface area contributed by atoms with E-state index in [1.807, 2.05) is 30.3 Å². The number of rotatable bonds is 9. The summed E-state index contributed by atoms with van der Waals surface area (Å²) in [7, 11) is 1.51. The molecule has 0 bridgehead atoms. The van der Waals surface area contributed by atoms with Crippen molar-refractivity contribution in [3.63, 3.8) is 0 Å². The van der Waals surface area contributed by atoms with Crippen LogP contribution in [0.3, 0.4) is 0 Å². The highest BCUT2D eigenvalue weighted by atomic mass is 19.1. The minimum absolute atomic E-state index is 0.145. The van der Waals surface area contributed by atoms with Gasteiger partial charge < -0.3 is 19.9 Å². The van der Waals surface area contributed by atoms with E-state index in [2.05, 4.69) is 30.2 Å². The Bertz CT molecular complexity index is 1240. The van der Waals surface area contributed by atoms with E-state index in [0.717, 1.165) is 46.4 Å². The Morgan fingerprint density at radius 3 is 2.72 bits per heavy atom. The summed E-state index contributed by atoms with van der Waals surface area (Å²) >= 11 is 0. The fraction of sp³-hybridized carbons (Fsp3) is 0.379. The number of hydrogen-bond donors (Lipinski definition) is 2. The van der Waals surface area contributed by atoms with Gasteiger partial charge in [-0.05, 0) is 53.1 Å². The van der Waals surface area contributed by atoms with Gasteiger partial charge in [0.15, 0.2) is 0 Å². The van der Waals surface area contributed by atoms with Crippen molar-refractivity contribution in [2.75, 3.05) is 7.11 Å². The average molecular weight is 493 g/mol. The van der Waals surface area contributed by atoms with Gasteiger partial charge in [0.1, 0.15) is 17.7 Å². The molecule has 0 fully saturated rings. The van der Waals surface area contributed by atoms with Gasteiger partial charge in [-0.25, -0.2) is 9.37 Å². The first kappa shape index (κ1) is 25.6. The Morgan fingerprint density at radius 2 is 2.00 bits per heavy atom. The molecule has 2 heterocycles. The number of aliphatic carboxylic acids is 1. The number of carboxylic acids is 1. The highest BCUT2D eigenvalue weighted by molar-refractivity contribution is 5.70. The molecule has 1 aliphatic rings. The molecule has 36 heavy (non-hydrogen) atoms. The highest BCUT2D eigenvalue weighted by Gasteiger charge is 2.24. The predicted molar refractivity (Wildman–Crippen MR) is 137 cm³/mol. The number of carbonyl (C=O) groups is 1. The summed E-state index contributed by atoms with van der Waals surface area (Å²) in [6.45, 7) is 6.43. The van der Waals surface area contributed by atoms with Gasteiger partial charge in [-0.3, -0.25) is 4.79 Å². The zero-order valence-corrected chi connectivity index (χ0v) is 21.2. The second-order valence-electron chi connectivity index (χ2n) is 9.69. The molecule has 0 spiro atoms. The zero-order chi connectivity index (χ0) is 25.8. The number of methoxy groups -OCH3 is 1. The second-order valence-corrected chi connectivity index (χ2v) is 9.69. The van der Waals surface area contributed by atoms with Gasteiger partial charge in [0.05, 0.1) is 19.2 Å². The van der Waals surface area contributed by atoms with E-state index >= 15 is 0 Å². The topological polar surface area (TPSA) is 80.7 Å². The van der Waals surface area contributed by atoms with Crippen LogP contribution in [0.2, 0.25) is 0 Å². The Morgan fingerprint density at radius 1 is 1.19 bits per heavy atom. The number of pyridine rings is 1. The molecule has 0 radical (unpaired) electrons. The molecule has 7 heteroatoms. The summed E-state index contributed by atoms with van der Waals surface area (Å²) in [5.41, 5.74) is 5.29. The lowest BCUT2D eigenvalue weighted by molar-refractivity contribution is -0.141. The molecule has 2 aromatic carbocycles. The monoisotopic (exact) mass is 492 g/mol. The average Bonchev–Trinajstić information content (AvgIpc) is 2.87. The SMILES string of the molecule is COc1cc(-c2ccc(C3CCc4ccc(C[C@H](C)C(=O)O)cc4O3)cc2CNC(C)C)c(F)cn1. The molecule has 6 nitrogen and oxygen atoms in total. The number of aryl methyl sites for hydroxylation is 1. The fourth-order valence-electron chi connectivity index (χ4n) is 4.49. The molecule has 1 unspecified atom stereocenters. The normalized spacial score (nSPS) is 15.8. The van der Waals surface area contributed by atoms with Crippen molar-refractivity contribution < 1.29 is 23.8 Å². The third-order valence-electron chi connectivity index (χ3n) is 6.57. The van der Waals surface area contributed by atoms with Crippen LogP contribution in [0.15, 0.2) is 48.7 Å². The maximum absolute atomic E-state index is 14.8. The van der Waals surface area contributed by atoms with Crippen molar-refractivity contribution in [3.8, 4) is 22.8 Å². The number of fused-ring (bicyclic) bond motifs is 1. The molecule has 2 atom stereocenters. The van der Waals surface area contributed by atoms with E-state index in [9.17, 15) is 14.3 Å². The first-order chi connectivity index (χ1) is 17.2. The van der Waals surface area contributed by atoms with Crippen LogP contribution in [0.5, 0.6) is 11.6 Å². The third-order valence-corrected chi connectivity index (χ3v) is 6.57. The summed E-state index contributed by atoms with van der Waals surface area (Å²) in [5, 5.41) is 12.7. The van der Waals surface area contributed by atoms with Crippen molar-refractivity contribution in [1.29, 1.82) is 0 Å². The summed E-state index contributed by atoms with van der Waals surface area (Å²) in [5.74, 6) is -0.508. The van der Waals surface area contributed by atoms with Crippen LogP contribution in [-0.4, -0.2) is 29.2 Å². The van der Waals surface area contributed by atoms with E-state index in [1.54, 1.807) is 13.0 Å². The standard InChI is InChI=1S/C29H33FN2O4/c1-17(2)31-15-22-13-21(7-9-23(22)24-14-28(35-4)32-16-25(24)30)26-10-8-20-6-5-19(12-27(20)36-26)11-18(3)29(33)34/h5-7,9,12-14,16-18,26,31H,8,10-11,15H2,1-4H3,(H,33,34)/t18-,26?/m0/s1. The van der Waals surface area contributed by atoms with Crippen LogP contribution in [0.4, 0.5) is 4.39 Å². The molecule has 2 N–H and O–H groups in total. The van der Waals surface area contributed by atoms with Gasteiger partial charge >= 0.3 is 5.97 Å². The van der Waals surface area contributed by atoms with Crippen molar-refractivity contribution in [1.82, 2.24) is 10.3 Å². The van der Waals surface area contributed by atoms with Crippen molar-refractivity contribution in [2.24, 2.45) is 5.92 Å². The third kappa shape index (κ3) is 5.85. The smallest absolute Gasteiger partial charge is 0.306 e. The maximum Gasteiger partial charge on any atom is 0.306 e. The summed E-state index contributed by atoms with van der Waals surface area (Å²) in [6, 6.07) is 13.9. The Labute approximate surface area is 211 Å². The van der Waals surface area contributed by atoms with Gasteiger partial charge in [-0.1, -0.05) is 51.1 Å². The summed E-state index contributed by atoms with van der Waals surface area (Å²) in [6.07, 6.45) is 3.19. The number of hydrogen-bond acceptors (Lipinski definition) is 5. The van der Waals surface area contributed by atoms with E-state index < -0.39 is 17.7 Å². The molecule has 190 valence electrons. The van der Waals surface area contributed by atoms with E-state index in [1.165, 1.54) is 13.3 Å². The van der Waals surface area contributed by atoms with Crippen molar-refractivity contribution >= 4 is 5.97 Å². The van der Waals surface area contributed by atoms with Crippen LogP contribution >= 0.6 is 0 Å². The lowest BCUT2D eigenvalue weighted by Gasteiger charge is -2.28. The molecular formula is C29H33FN2O4. The molecular weight excluding hydrogens is 459 g/mol. The number of halogens is 1. The minimum atomic E-state index is -0.808. The maximum atomic E-state index is 14.8. The number of nitrogens with zero attached hydrogens (tertiary/aromatic N) is 1. The second kappa shape index (κ2) is 11.1. The molecule has 0 aliphatic carbocycles.